The number of rotatable bonds is 6. The van der Waals surface area contributed by atoms with Crippen LogP contribution in [0.4, 0.5) is 5.95 Å². The largest absolute Gasteiger partial charge is 0.459 e. The Morgan fingerprint density at radius 1 is 1.11 bits per heavy atom. The lowest BCUT2D eigenvalue weighted by Gasteiger charge is -2.30. The second-order valence-electron chi connectivity index (χ2n) is 8.83. The van der Waals surface area contributed by atoms with Crippen molar-refractivity contribution in [3.8, 4) is 0 Å². The van der Waals surface area contributed by atoms with Gasteiger partial charge in [0, 0.05) is 21.5 Å². The van der Waals surface area contributed by atoms with E-state index < -0.39 is 6.04 Å². The van der Waals surface area contributed by atoms with Gasteiger partial charge in [0.05, 0.1) is 5.57 Å². The Kier molecular flexibility index (Phi) is 7.37. The molecule has 0 bridgehead atoms. The fourth-order valence-corrected chi connectivity index (χ4v) is 5.81. The molecule has 1 N–H and O–H groups in total. The van der Waals surface area contributed by atoms with Crippen LogP contribution in [-0.4, -0.2) is 26.8 Å². The summed E-state index contributed by atoms with van der Waals surface area (Å²) in [5.74, 6) is 0.907. The lowest BCUT2D eigenvalue weighted by atomic mass is 9.95. The van der Waals surface area contributed by atoms with Crippen LogP contribution in [0.2, 0.25) is 10.0 Å². The summed E-state index contributed by atoms with van der Waals surface area (Å²) < 4.78 is 7.74. The monoisotopic (exact) mass is 528 g/mol. The zero-order chi connectivity index (χ0) is 24.4. The molecule has 0 saturated heterocycles. The van der Waals surface area contributed by atoms with Gasteiger partial charge in [-0.2, -0.15) is 4.98 Å². The van der Waals surface area contributed by atoms with Crippen LogP contribution in [0.5, 0.6) is 0 Å². The first-order chi connectivity index (χ1) is 17.0. The van der Waals surface area contributed by atoms with E-state index in [1.165, 1.54) is 18.2 Å². The highest BCUT2D eigenvalue weighted by molar-refractivity contribution is 7.98. The van der Waals surface area contributed by atoms with Crippen LogP contribution in [0.1, 0.15) is 56.2 Å². The maximum Gasteiger partial charge on any atom is 0.338 e. The molecule has 0 amide bonds. The second kappa shape index (κ2) is 10.6. The number of ether oxygens (including phenoxy) is 1. The lowest BCUT2D eigenvalue weighted by Crippen LogP contribution is -2.32. The van der Waals surface area contributed by atoms with Gasteiger partial charge in [-0.25, -0.2) is 9.48 Å². The number of anilines is 1. The van der Waals surface area contributed by atoms with Gasteiger partial charge >= 0.3 is 5.97 Å². The molecule has 0 radical (unpaired) electrons. The predicted octanol–water partition coefficient (Wildman–Crippen LogP) is 7.04. The number of nitrogens with one attached hydrogen (secondary N) is 1. The molecule has 1 aromatic heterocycles. The molecule has 3 aromatic rings. The number of nitrogens with zero attached hydrogens (tertiary/aromatic N) is 3. The minimum absolute atomic E-state index is 0.0405. The van der Waals surface area contributed by atoms with Gasteiger partial charge in [-0.3, -0.25) is 0 Å². The van der Waals surface area contributed by atoms with E-state index in [1.54, 1.807) is 4.68 Å². The number of fused-ring (bicyclic) bond motifs is 1. The van der Waals surface area contributed by atoms with Gasteiger partial charge in [-0.1, -0.05) is 71.7 Å². The van der Waals surface area contributed by atoms with Gasteiger partial charge < -0.3 is 10.1 Å². The number of halogens is 2. The van der Waals surface area contributed by atoms with Gasteiger partial charge in [0.2, 0.25) is 11.1 Å². The van der Waals surface area contributed by atoms with E-state index >= 15 is 0 Å². The van der Waals surface area contributed by atoms with Gasteiger partial charge in [0.25, 0.3) is 0 Å². The molecule has 1 aliphatic heterocycles. The Balaban J connectivity index is 1.45. The smallest absolute Gasteiger partial charge is 0.338 e. The number of hydrogen-bond donors (Lipinski definition) is 1. The molecule has 1 atom stereocenters. The summed E-state index contributed by atoms with van der Waals surface area (Å²) in [6.45, 7) is 1.88. The van der Waals surface area contributed by atoms with Crippen LogP contribution in [-0.2, 0) is 15.3 Å². The average Bonchev–Trinajstić information content (AvgIpc) is 3.26. The highest BCUT2D eigenvalue weighted by atomic mass is 35.5. The third-order valence-corrected chi connectivity index (χ3v) is 7.89. The molecule has 2 heterocycles. The average molecular weight is 529 g/mol. The predicted molar refractivity (Wildman–Crippen MR) is 140 cm³/mol. The number of carbonyl (C=O) groups excluding carboxylic acids is 1. The maximum atomic E-state index is 13.5. The van der Waals surface area contributed by atoms with Crippen molar-refractivity contribution < 1.29 is 9.53 Å². The summed E-state index contributed by atoms with van der Waals surface area (Å²) in [4.78, 5) is 18.2. The van der Waals surface area contributed by atoms with Gasteiger partial charge in [0.1, 0.15) is 12.1 Å². The molecule has 1 aliphatic carbocycles. The third-order valence-electron chi connectivity index (χ3n) is 6.38. The van der Waals surface area contributed by atoms with Crippen LogP contribution in [0, 0.1) is 0 Å². The van der Waals surface area contributed by atoms with Gasteiger partial charge in [0.15, 0.2) is 0 Å². The molecule has 9 heteroatoms. The maximum absolute atomic E-state index is 13.5. The van der Waals surface area contributed by atoms with E-state index in [1.807, 2.05) is 55.5 Å². The Bertz CT molecular complexity index is 1250. The van der Waals surface area contributed by atoms with Crippen molar-refractivity contribution in [2.45, 2.75) is 62.1 Å². The fraction of sp³-hybridized carbons (Fsp3) is 0.346. The van der Waals surface area contributed by atoms with Crippen molar-refractivity contribution in [2.75, 3.05) is 5.32 Å². The summed E-state index contributed by atoms with van der Waals surface area (Å²) in [5.41, 5.74) is 3.16. The summed E-state index contributed by atoms with van der Waals surface area (Å²) in [6, 6.07) is 14.7. The number of aromatic nitrogens is 3. The molecular formula is C26H26Cl2N4O2S. The van der Waals surface area contributed by atoms with Crippen LogP contribution in [0.15, 0.2) is 65.0 Å². The first-order valence-electron chi connectivity index (χ1n) is 11.8. The van der Waals surface area contributed by atoms with Crippen molar-refractivity contribution in [3.63, 3.8) is 0 Å². The molecule has 1 saturated carbocycles. The number of esters is 1. The van der Waals surface area contributed by atoms with Crippen molar-refractivity contribution in [1.29, 1.82) is 0 Å². The lowest BCUT2D eigenvalue weighted by molar-refractivity contribution is -0.146. The number of benzene rings is 2. The number of hydrogen-bond acceptors (Lipinski definition) is 6. The molecule has 2 aliphatic rings. The Labute approximate surface area is 219 Å². The van der Waals surface area contributed by atoms with Crippen molar-refractivity contribution in [2.24, 2.45) is 0 Å². The SMILES string of the molecule is CC1=C(C(=O)OC2CCCCC2)C(c2ccc(Cl)cc2)n2nc(SCc3ccccc3Cl)nc2N1. The number of allylic oxidation sites excluding steroid dienone is 1. The number of thioether (sulfide) groups is 1. The summed E-state index contributed by atoms with van der Waals surface area (Å²) in [6.07, 6.45) is 5.16. The Hall–Kier alpha value is -2.48. The van der Waals surface area contributed by atoms with Crippen LogP contribution < -0.4 is 5.32 Å². The number of carbonyl (C=O) groups is 1. The minimum Gasteiger partial charge on any atom is -0.459 e. The molecule has 1 unspecified atom stereocenters. The van der Waals surface area contributed by atoms with E-state index in [0.29, 0.717) is 38.2 Å². The zero-order valence-corrected chi connectivity index (χ0v) is 21.7. The highest BCUT2D eigenvalue weighted by Crippen LogP contribution is 2.38. The van der Waals surface area contributed by atoms with Gasteiger partial charge in [-0.15, -0.1) is 5.10 Å². The molecule has 0 spiro atoms. The minimum atomic E-state index is -0.471. The normalized spacial score (nSPS) is 18.2. The van der Waals surface area contributed by atoms with E-state index in [4.69, 9.17) is 38.0 Å². The summed E-state index contributed by atoms with van der Waals surface area (Å²) in [7, 11) is 0. The first-order valence-corrected chi connectivity index (χ1v) is 13.5. The topological polar surface area (TPSA) is 69.0 Å². The quantitative estimate of drug-likeness (QED) is 0.273. The molecule has 1 fully saturated rings. The zero-order valence-electron chi connectivity index (χ0n) is 19.3. The van der Waals surface area contributed by atoms with Crippen LogP contribution in [0.25, 0.3) is 0 Å². The molecular weight excluding hydrogens is 503 g/mol. The summed E-state index contributed by atoms with van der Waals surface area (Å²) in [5, 5.41) is 9.99. The third kappa shape index (κ3) is 5.37. The molecule has 5 rings (SSSR count). The second-order valence-corrected chi connectivity index (χ2v) is 10.6. The van der Waals surface area contributed by atoms with Crippen molar-refractivity contribution in [1.82, 2.24) is 14.8 Å². The molecule has 35 heavy (non-hydrogen) atoms. The van der Waals surface area contributed by atoms with Crippen molar-refractivity contribution >= 4 is 46.9 Å². The molecule has 182 valence electrons. The molecule has 2 aromatic carbocycles. The Morgan fingerprint density at radius 3 is 2.60 bits per heavy atom. The van der Waals surface area contributed by atoms with E-state index in [2.05, 4.69) is 5.32 Å². The van der Waals surface area contributed by atoms with E-state index in [0.717, 1.165) is 36.8 Å². The van der Waals surface area contributed by atoms with Crippen LogP contribution in [0.3, 0.4) is 0 Å². The van der Waals surface area contributed by atoms with Crippen LogP contribution >= 0.6 is 35.0 Å². The van der Waals surface area contributed by atoms with E-state index in [9.17, 15) is 4.79 Å². The first kappa shape index (κ1) is 24.2. The summed E-state index contributed by atoms with van der Waals surface area (Å²) >= 11 is 14.0. The molecule has 6 nitrogen and oxygen atoms in total. The fourth-order valence-electron chi connectivity index (χ4n) is 4.57. The van der Waals surface area contributed by atoms with Gasteiger partial charge in [-0.05, 0) is 61.9 Å². The van der Waals surface area contributed by atoms with E-state index in [-0.39, 0.29) is 12.1 Å². The standard InChI is InChI=1S/C26H26Cl2N4O2S/c1-16-22(24(33)34-20-8-3-2-4-9-20)23(17-11-13-19(27)14-12-17)32-25(29-16)30-26(31-32)35-15-18-7-5-6-10-21(18)28/h5-7,10-14,20,23H,2-4,8-9,15H2,1H3,(H,29,30,31). The Morgan fingerprint density at radius 2 is 1.86 bits per heavy atom. The highest BCUT2D eigenvalue weighted by Gasteiger charge is 2.36. The van der Waals surface area contributed by atoms with Crippen molar-refractivity contribution in [3.05, 3.63) is 81.0 Å².